The van der Waals surface area contributed by atoms with Crippen LogP contribution in [0.2, 0.25) is 0 Å². The van der Waals surface area contributed by atoms with Crippen molar-refractivity contribution in [2.75, 3.05) is 19.0 Å². The van der Waals surface area contributed by atoms with Crippen molar-refractivity contribution >= 4 is 27.2 Å². The van der Waals surface area contributed by atoms with E-state index < -0.39 is 0 Å². The Hall–Kier alpha value is -4.31. The number of fused-ring (bicyclic) bond motifs is 2. The molecule has 6 rings (SSSR count). The average molecular weight is 541 g/mol. The van der Waals surface area contributed by atoms with E-state index >= 15 is 0 Å². The van der Waals surface area contributed by atoms with Crippen molar-refractivity contribution in [3.8, 4) is 28.3 Å². The third kappa shape index (κ3) is 5.04. The summed E-state index contributed by atoms with van der Waals surface area (Å²) in [5, 5.41) is 9.98. The number of benzene rings is 4. The first-order valence-electron chi connectivity index (χ1n) is 14.4. The van der Waals surface area contributed by atoms with Crippen molar-refractivity contribution in [3.63, 3.8) is 0 Å². The predicted octanol–water partition coefficient (Wildman–Crippen LogP) is 9.50. The van der Waals surface area contributed by atoms with Crippen molar-refractivity contribution in [2.24, 2.45) is 0 Å². The van der Waals surface area contributed by atoms with Gasteiger partial charge in [0.2, 0.25) is 0 Å². The molecule has 0 atom stereocenters. The van der Waals surface area contributed by atoms with Crippen LogP contribution in [0.15, 0.2) is 91.1 Å². The summed E-state index contributed by atoms with van der Waals surface area (Å²) in [5.74, 6) is 0. The maximum atomic E-state index is 4.92. The maximum Gasteiger partial charge on any atom is 0.109 e. The summed E-state index contributed by atoms with van der Waals surface area (Å²) in [4.78, 5) is 5.85. The van der Waals surface area contributed by atoms with Gasteiger partial charge in [0.1, 0.15) is 5.69 Å². The van der Waals surface area contributed by atoms with Crippen LogP contribution in [0, 0.1) is 0 Å². The molecule has 2 heterocycles. The van der Waals surface area contributed by atoms with Crippen LogP contribution >= 0.6 is 0 Å². The van der Waals surface area contributed by atoms with Gasteiger partial charge >= 0.3 is 0 Å². The van der Waals surface area contributed by atoms with E-state index in [1.54, 1.807) is 0 Å². The molecule has 0 bridgehead atoms. The summed E-state index contributed by atoms with van der Waals surface area (Å²) in [7, 11) is 4.10. The Morgan fingerprint density at radius 2 is 1.20 bits per heavy atom. The van der Waals surface area contributed by atoms with E-state index in [1.807, 2.05) is 10.9 Å². The first-order chi connectivity index (χ1) is 19.4. The lowest BCUT2D eigenvalue weighted by Gasteiger charge is -2.22. The Balaban J connectivity index is 1.50. The minimum Gasteiger partial charge on any atom is -0.378 e. The Bertz CT molecular complexity index is 1800. The number of nitrogens with one attached hydrogen (secondary N) is 1. The largest absolute Gasteiger partial charge is 0.378 e. The van der Waals surface area contributed by atoms with E-state index in [1.165, 1.54) is 43.9 Å². The number of H-pyrrole nitrogens is 1. The maximum absolute atomic E-state index is 4.92. The normalized spacial score (nSPS) is 12.4. The van der Waals surface area contributed by atoms with E-state index in [0.717, 1.165) is 22.8 Å². The second-order valence-corrected chi connectivity index (χ2v) is 13.5. The fourth-order valence-corrected chi connectivity index (χ4v) is 5.54. The van der Waals surface area contributed by atoms with Crippen LogP contribution in [0.4, 0.5) is 5.69 Å². The molecule has 4 nitrogen and oxygen atoms in total. The van der Waals surface area contributed by atoms with Crippen molar-refractivity contribution in [1.82, 2.24) is 14.8 Å². The van der Waals surface area contributed by atoms with Crippen LogP contribution < -0.4 is 4.90 Å². The van der Waals surface area contributed by atoms with Gasteiger partial charge < -0.3 is 9.88 Å². The zero-order chi connectivity index (χ0) is 29.1. The lowest BCUT2D eigenvalue weighted by atomic mass is 9.82. The highest BCUT2D eigenvalue weighted by Crippen LogP contribution is 2.40. The van der Waals surface area contributed by atoms with Gasteiger partial charge in [-0.15, -0.1) is 0 Å². The van der Waals surface area contributed by atoms with Gasteiger partial charge in [-0.2, -0.15) is 5.10 Å². The summed E-state index contributed by atoms with van der Waals surface area (Å²) in [6.45, 7) is 13.7. The molecule has 0 radical (unpaired) electrons. The molecule has 4 aromatic carbocycles. The number of aromatic nitrogens is 3. The number of nitrogens with zero attached hydrogens (tertiary/aromatic N) is 3. The van der Waals surface area contributed by atoms with Crippen molar-refractivity contribution in [1.29, 1.82) is 0 Å². The zero-order valence-corrected chi connectivity index (χ0v) is 25.5. The molecule has 0 saturated heterocycles. The SMILES string of the molecule is CN(C)c1ccc(-n2ccc(-c3ccc(-c4c5cc(C(C)(C)C)ccc5cc5ccc(C(C)(C)C)cc45)[nH]3)n2)cc1. The lowest BCUT2D eigenvalue weighted by Crippen LogP contribution is -2.11. The van der Waals surface area contributed by atoms with Gasteiger partial charge in [-0.3, -0.25) is 0 Å². The summed E-state index contributed by atoms with van der Waals surface area (Å²) < 4.78 is 1.94. The summed E-state index contributed by atoms with van der Waals surface area (Å²) in [5.41, 5.74) is 9.29. The first kappa shape index (κ1) is 26.9. The molecule has 0 amide bonds. The number of aromatic amines is 1. The zero-order valence-electron chi connectivity index (χ0n) is 25.5. The van der Waals surface area contributed by atoms with Crippen molar-refractivity contribution < 1.29 is 0 Å². The fourth-order valence-electron chi connectivity index (χ4n) is 5.54. The fraction of sp³-hybridized carbons (Fsp3) is 0.270. The second-order valence-electron chi connectivity index (χ2n) is 13.5. The molecule has 0 aliphatic rings. The molecule has 6 aromatic rings. The molecule has 0 aliphatic heterocycles. The summed E-state index contributed by atoms with van der Waals surface area (Å²) in [6.07, 6.45) is 2.03. The topological polar surface area (TPSA) is 36.9 Å². The van der Waals surface area contributed by atoms with Crippen LogP contribution in [-0.2, 0) is 10.8 Å². The van der Waals surface area contributed by atoms with Crippen LogP contribution in [0.3, 0.4) is 0 Å². The number of rotatable bonds is 4. The Kier molecular flexibility index (Phi) is 6.33. The molecule has 0 saturated carbocycles. The van der Waals surface area contributed by atoms with E-state index in [4.69, 9.17) is 5.10 Å². The molecule has 41 heavy (non-hydrogen) atoms. The molecular weight excluding hydrogens is 500 g/mol. The third-order valence-corrected chi connectivity index (χ3v) is 8.14. The van der Waals surface area contributed by atoms with Gasteiger partial charge in [0, 0.05) is 37.2 Å². The Morgan fingerprint density at radius 1 is 0.634 bits per heavy atom. The smallest absolute Gasteiger partial charge is 0.109 e. The molecule has 4 heteroatoms. The van der Waals surface area contributed by atoms with Crippen LogP contribution in [-0.4, -0.2) is 28.9 Å². The number of hydrogen-bond donors (Lipinski definition) is 1. The van der Waals surface area contributed by atoms with Crippen molar-refractivity contribution in [3.05, 3.63) is 102 Å². The van der Waals surface area contributed by atoms with E-state index in [0.29, 0.717) is 0 Å². The van der Waals surface area contributed by atoms with Gasteiger partial charge in [-0.1, -0.05) is 65.8 Å². The molecule has 0 fully saturated rings. The van der Waals surface area contributed by atoms with Crippen LogP contribution in [0.25, 0.3) is 49.9 Å². The average Bonchev–Trinajstić information content (AvgIpc) is 3.60. The third-order valence-electron chi connectivity index (χ3n) is 8.14. The summed E-state index contributed by atoms with van der Waals surface area (Å²) in [6, 6.07) is 31.1. The Morgan fingerprint density at radius 3 is 1.73 bits per heavy atom. The molecule has 0 unspecified atom stereocenters. The lowest BCUT2D eigenvalue weighted by molar-refractivity contribution is 0.591. The minimum absolute atomic E-state index is 0.0617. The van der Waals surface area contributed by atoms with Gasteiger partial charge in [0.25, 0.3) is 0 Å². The van der Waals surface area contributed by atoms with E-state index in [-0.39, 0.29) is 10.8 Å². The highest BCUT2D eigenvalue weighted by atomic mass is 15.3. The van der Waals surface area contributed by atoms with Gasteiger partial charge in [0.05, 0.1) is 11.4 Å². The van der Waals surface area contributed by atoms with Crippen LogP contribution in [0.1, 0.15) is 52.7 Å². The van der Waals surface area contributed by atoms with E-state index in [9.17, 15) is 0 Å². The first-order valence-corrected chi connectivity index (χ1v) is 14.4. The Labute approximate surface area is 243 Å². The second kappa shape index (κ2) is 9.66. The molecular formula is C37H40N4. The monoisotopic (exact) mass is 540 g/mol. The summed E-state index contributed by atoms with van der Waals surface area (Å²) >= 11 is 0. The van der Waals surface area contributed by atoms with Gasteiger partial charge in [-0.25, -0.2) is 4.68 Å². The molecule has 1 N–H and O–H groups in total. The van der Waals surface area contributed by atoms with Crippen LogP contribution in [0.5, 0.6) is 0 Å². The number of anilines is 1. The number of hydrogen-bond acceptors (Lipinski definition) is 2. The molecule has 0 spiro atoms. The van der Waals surface area contributed by atoms with Gasteiger partial charge in [0.15, 0.2) is 0 Å². The molecule has 2 aromatic heterocycles. The minimum atomic E-state index is 0.0617. The molecule has 0 aliphatic carbocycles. The predicted molar refractivity (Wildman–Crippen MR) is 176 cm³/mol. The highest BCUT2D eigenvalue weighted by Gasteiger charge is 2.20. The standard InChI is InChI=1S/C37H40N4/c1-36(2,3)26-11-9-24-21-25-10-12-27(37(4,5)6)23-31(25)35(30(24)22-26)34-18-17-32(38-34)33-19-20-41(39-33)29-15-13-28(14-16-29)40(7)8/h9-23,38H,1-8H3. The van der Waals surface area contributed by atoms with Crippen molar-refractivity contribution in [2.45, 2.75) is 52.4 Å². The van der Waals surface area contributed by atoms with E-state index in [2.05, 4.69) is 150 Å². The highest BCUT2D eigenvalue weighted by molar-refractivity contribution is 6.12. The van der Waals surface area contributed by atoms with Gasteiger partial charge in [-0.05, 0) is 104 Å². The molecule has 208 valence electrons. The quantitative estimate of drug-likeness (QED) is 0.226.